The van der Waals surface area contributed by atoms with Crippen molar-refractivity contribution in [2.24, 2.45) is 0 Å². The lowest BCUT2D eigenvalue weighted by molar-refractivity contribution is -0.302. The largest absolute Gasteiger partial charge is 0.452 e. The Labute approximate surface area is 202 Å². The van der Waals surface area contributed by atoms with Crippen LogP contribution in [0.1, 0.15) is 26.3 Å². The van der Waals surface area contributed by atoms with E-state index in [2.05, 4.69) is 0 Å². The molecule has 0 unspecified atom stereocenters. The number of carbonyl (C=O) groups is 2. The van der Waals surface area contributed by atoms with E-state index in [9.17, 15) is 19.8 Å². The Kier molecular flexibility index (Phi) is 8.23. The number of carbonyl (C=O) groups excluding carboxylic acids is 2. The van der Waals surface area contributed by atoms with Crippen LogP contribution in [0.3, 0.4) is 0 Å². The first-order valence-electron chi connectivity index (χ1n) is 11.2. The second kappa shape index (κ2) is 11.7. The minimum absolute atomic E-state index is 0.0957. The van der Waals surface area contributed by atoms with Gasteiger partial charge in [-0.1, -0.05) is 66.7 Å². The molecule has 4 rings (SSSR count). The minimum atomic E-state index is -1.47. The molecule has 182 valence electrons. The third-order valence-electron chi connectivity index (χ3n) is 5.56. The molecule has 5 atom stereocenters. The number of ether oxygens (including phenoxy) is 4. The molecule has 0 aromatic heterocycles. The molecular weight excluding hydrogens is 452 g/mol. The maximum Gasteiger partial charge on any atom is 0.338 e. The lowest BCUT2D eigenvalue weighted by atomic mass is 9.98. The fourth-order valence-corrected chi connectivity index (χ4v) is 3.72. The summed E-state index contributed by atoms with van der Waals surface area (Å²) < 4.78 is 22.9. The minimum Gasteiger partial charge on any atom is -0.452 e. The van der Waals surface area contributed by atoms with Crippen LogP contribution in [0.5, 0.6) is 0 Å². The molecule has 0 spiro atoms. The molecule has 0 radical (unpaired) electrons. The van der Waals surface area contributed by atoms with Crippen molar-refractivity contribution in [1.29, 1.82) is 0 Å². The summed E-state index contributed by atoms with van der Waals surface area (Å²) in [6.45, 7) is -0.469. The first-order valence-corrected chi connectivity index (χ1v) is 11.2. The molecule has 0 aliphatic carbocycles. The molecular formula is C27H26O8. The Hall–Kier alpha value is -3.56. The van der Waals surface area contributed by atoms with E-state index < -0.39 is 49.3 Å². The summed E-state index contributed by atoms with van der Waals surface area (Å²) >= 11 is 0. The van der Waals surface area contributed by atoms with Gasteiger partial charge in [-0.25, -0.2) is 9.59 Å². The molecule has 0 bridgehead atoms. The van der Waals surface area contributed by atoms with Crippen LogP contribution in [-0.2, 0) is 25.6 Å². The van der Waals surface area contributed by atoms with Crippen LogP contribution < -0.4 is 0 Å². The van der Waals surface area contributed by atoms with Gasteiger partial charge in [0, 0.05) is 0 Å². The van der Waals surface area contributed by atoms with E-state index in [1.165, 1.54) is 0 Å². The van der Waals surface area contributed by atoms with Crippen molar-refractivity contribution < 1.29 is 38.7 Å². The van der Waals surface area contributed by atoms with Crippen LogP contribution in [0.15, 0.2) is 91.0 Å². The predicted molar refractivity (Wildman–Crippen MR) is 124 cm³/mol. The maximum absolute atomic E-state index is 12.9. The normalized spacial score (nSPS) is 23.9. The van der Waals surface area contributed by atoms with Gasteiger partial charge in [-0.05, 0) is 29.8 Å². The van der Waals surface area contributed by atoms with Gasteiger partial charge in [0.25, 0.3) is 0 Å². The Bertz CT molecular complexity index is 1090. The zero-order valence-electron chi connectivity index (χ0n) is 18.8. The lowest BCUT2D eigenvalue weighted by Crippen LogP contribution is -2.61. The third kappa shape index (κ3) is 6.12. The number of hydrogen-bond donors (Lipinski definition) is 2. The van der Waals surface area contributed by atoms with E-state index in [0.29, 0.717) is 0 Å². The van der Waals surface area contributed by atoms with Gasteiger partial charge in [-0.3, -0.25) is 0 Å². The van der Waals surface area contributed by atoms with Gasteiger partial charge in [0.1, 0.15) is 12.2 Å². The first-order chi connectivity index (χ1) is 17.1. The number of rotatable bonds is 8. The van der Waals surface area contributed by atoms with E-state index in [1.54, 1.807) is 60.7 Å². The molecule has 1 aliphatic heterocycles. The first kappa shape index (κ1) is 24.6. The van der Waals surface area contributed by atoms with E-state index in [4.69, 9.17) is 18.9 Å². The van der Waals surface area contributed by atoms with Crippen molar-refractivity contribution in [3.8, 4) is 0 Å². The second-order valence-corrected chi connectivity index (χ2v) is 7.98. The molecule has 8 heteroatoms. The van der Waals surface area contributed by atoms with Crippen LogP contribution in [0.4, 0.5) is 0 Å². The highest BCUT2D eigenvalue weighted by Gasteiger charge is 2.50. The standard InChI is InChI=1S/C27H26O8/c28-16-21-22(29)23(34-25(30)19-12-6-2-7-13-19)24(35-26(31)20-14-8-3-9-15-20)27(33-21)32-17-18-10-4-1-5-11-18/h1-15,21-24,27-29H,16-17H2/t21-,22-,23+,24-,27+/m1/s1. The molecule has 8 nitrogen and oxygen atoms in total. The summed E-state index contributed by atoms with van der Waals surface area (Å²) in [5.41, 5.74) is 1.34. The van der Waals surface area contributed by atoms with Crippen LogP contribution >= 0.6 is 0 Å². The molecule has 1 fully saturated rings. The number of benzene rings is 3. The predicted octanol–water partition coefficient (Wildman–Crippen LogP) is 2.73. The summed E-state index contributed by atoms with van der Waals surface area (Å²) in [5.74, 6) is -1.43. The Morgan fingerprint density at radius 1 is 0.743 bits per heavy atom. The van der Waals surface area contributed by atoms with Crippen LogP contribution in [0, 0.1) is 0 Å². The quantitative estimate of drug-likeness (QED) is 0.476. The second-order valence-electron chi connectivity index (χ2n) is 7.98. The van der Waals surface area contributed by atoms with E-state index in [-0.39, 0.29) is 17.7 Å². The number of esters is 2. The molecule has 3 aromatic rings. The van der Waals surface area contributed by atoms with Crippen LogP contribution in [-0.4, -0.2) is 59.5 Å². The van der Waals surface area contributed by atoms with Crippen molar-refractivity contribution in [2.75, 3.05) is 6.61 Å². The van der Waals surface area contributed by atoms with E-state index >= 15 is 0 Å². The van der Waals surface area contributed by atoms with Crippen molar-refractivity contribution >= 4 is 11.9 Å². The van der Waals surface area contributed by atoms with Gasteiger partial charge in [-0.15, -0.1) is 0 Å². The smallest absolute Gasteiger partial charge is 0.338 e. The highest BCUT2D eigenvalue weighted by molar-refractivity contribution is 5.90. The van der Waals surface area contributed by atoms with Gasteiger partial charge >= 0.3 is 11.9 Å². The van der Waals surface area contributed by atoms with Crippen molar-refractivity contribution in [3.63, 3.8) is 0 Å². The molecule has 35 heavy (non-hydrogen) atoms. The Balaban J connectivity index is 1.61. The molecule has 0 saturated carbocycles. The highest BCUT2D eigenvalue weighted by Crippen LogP contribution is 2.29. The molecule has 1 heterocycles. The highest BCUT2D eigenvalue weighted by atomic mass is 16.7. The van der Waals surface area contributed by atoms with Crippen LogP contribution in [0.25, 0.3) is 0 Å². The third-order valence-corrected chi connectivity index (χ3v) is 5.56. The van der Waals surface area contributed by atoms with Crippen molar-refractivity contribution in [3.05, 3.63) is 108 Å². The summed E-state index contributed by atoms with van der Waals surface area (Å²) in [6.07, 6.45) is -6.50. The summed E-state index contributed by atoms with van der Waals surface area (Å²) in [7, 11) is 0. The average Bonchev–Trinajstić information content (AvgIpc) is 2.91. The fraction of sp³-hybridized carbons (Fsp3) is 0.259. The molecule has 3 aromatic carbocycles. The van der Waals surface area contributed by atoms with Crippen molar-refractivity contribution in [2.45, 2.75) is 37.3 Å². The Morgan fingerprint density at radius 3 is 1.74 bits per heavy atom. The fourth-order valence-electron chi connectivity index (χ4n) is 3.72. The van der Waals surface area contributed by atoms with Gasteiger partial charge < -0.3 is 29.2 Å². The number of aliphatic hydroxyl groups excluding tert-OH is 2. The topological polar surface area (TPSA) is 112 Å². The Morgan fingerprint density at radius 2 is 1.23 bits per heavy atom. The number of hydrogen-bond acceptors (Lipinski definition) is 8. The molecule has 1 aliphatic rings. The van der Waals surface area contributed by atoms with Gasteiger partial charge in [0.05, 0.1) is 24.3 Å². The van der Waals surface area contributed by atoms with E-state index in [0.717, 1.165) is 5.56 Å². The SMILES string of the molecule is O=C(O[C@H]1[C@@H](OCc2ccccc2)O[C@H](CO)[C@@H](O)[C@@H]1OC(=O)c1ccccc1)c1ccccc1. The molecule has 2 N–H and O–H groups in total. The number of aliphatic hydroxyl groups is 2. The van der Waals surface area contributed by atoms with E-state index in [1.807, 2.05) is 30.3 Å². The maximum atomic E-state index is 12.9. The van der Waals surface area contributed by atoms with Gasteiger partial charge in [0.2, 0.25) is 0 Å². The van der Waals surface area contributed by atoms with Crippen LogP contribution in [0.2, 0.25) is 0 Å². The monoisotopic (exact) mass is 478 g/mol. The zero-order chi connectivity index (χ0) is 24.6. The zero-order valence-corrected chi connectivity index (χ0v) is 18.8. The van der Waals surface area contributed by atoms with Gasteiger partial charge in [-0.2, -0.15) is 0 Å². The molecule has 0 amide bonds. The molecule has 1 saturated heterocycles. The average molecular weight is 478 g/mol. The lowest BCUT2D eigenvalue weighted by Gasteiger charge is -2.42. The summed E-state index contributed by atoms with van der Waals surface area (Å²) in [5, 5.41) is 20.7. The van der Waals surface area contributed by atoms with Crippen molar-refractivity contribution in [1.82, 2.24) is 0 Å². The van der Waals surface area contributed by atoms with Gasteiger partial charge in [0.15, 0.2) is 18.5 Å². The summed E-state index contributed by atoms with van der Waals surface area (Å²) in [6, 6.07) is 25.7. The summed E-state index contributed by atoms with van der Waals surface area (Å²) in [4.78, 5) is 25.7.